The number of rotatable bonds is 5. The number of aryl methyl sites for hydroxylation is 1. The Hall–Kier alpha value is -2.90. The monoisotopic (exact) mass is 324 g/mol. The molecule has 6 nitrogen and oxygen atoms in total. The number of carbonyl (C=O) groups is 2. The Morgan fingerprint density at radius 2 is 2.00 bits per heavy atom. The number of aromatic amines is 1. The molecule has 23 heavy (non-hydrogen) atoms. The van der Waals surface area contributed by atoms with Crippen molar-refractivity contribution < 1.29 is 27.8 Å². The predicted molar refractivity (Wildman–Crippen MR) is 77.4 cm³/mol. The van der Waals surface area contributed by atoms with Gasteiger partial charge in [0.2, 0.25) is 0 Å². The van der Waals surface area contributed by atoms with E-state index in [0.29, 0.717) is 11.8 Å². The fourth-order valence-electron chi connectivity index (χ4n) is 1.87. The molecule has 2 aromatic rings. The lowest BCUT2D eigenvalue weighted by Gasteiger charge is -2.08. The van der Waals surface area contributed by atoms with Crippen molar-refractivity contribution in [3.05, 3.63) is 47.3 Å². The maximum atomic E-state index is 13.4. The molecule has 0 saturated heterocycles. The van der Waals surface area contributed by atoms with Gasteiger partial charge >= 0.3 is 5.97 Å². The number of hydrogen-bond donors (Lipinski definition) is 2. The summed E-state index contributed by atoms with van der Waals surface area (Å²) in [6.45, 7) is 1.19. The van der Waals surface area contributed by atoms with Gasteiger partial charge in [-0.05, 0) is 25.1 Å². The van der Waals surface area contributed by atoms with Crippen LogP contribution in [0.1, 0.15) is 16.2 Å². The molecule has 0 aliphatic rings. The van der Waals surface area contributed by atoms with Gasteiger partial charge in [-0.25, -0.2) is 13.6 Å². The van der Waals surface area contributed by atoms with Crippen LogP contribution >= 0.6 is 0 Å². The minimum absolute atomic E-state index is 0.0892. The van der Waals surface area contributed by atoms with E-state index in [-0.39, 0.29) is 17.1 Å². The molecule has 2 rings (SSSR count). The highest BCUT2D eigenvalue weighted by atomic mass is 19.1. The summed E-state index contributed by atoms with van der Waals surface area (Å²) in [5.41, 5.74) is 0.958. The van der Waals surface area contributed by atoms with Crippen molar-refractivity contribution in [2.45, 2.75) is 6.92 Å². The number of esters is 1. The molecule has 0 saturated carbocycles. The Labute approximate surface area is 130 Å². The standard InChI is InChI=1S/C15H14F2N2O4/c1-8-5-11(14(18-8)15(21)22-2)19-13(20)7-23-12-4-3-9(16)6-10(12)17/h3-6,18H,7H2,1-2H3,(H,19,20). The molecule has 0 aliphatic heterocycles. The number of aromatic nitrogens is 1. The Bertz CT molecular complexity index is 743. The van der Waals surface area contributed by atoms with Crippen molar-refractivity contribution in [2.24, 2.45) is 0 Å². The second kappa shape index (κ2) is 6.91. The molecule has 1 amide bonds. The molecule has 1 aromatic carbocycles. The van der Waals surface area contributed by atoms with Crippen LogP contribution in [0, 0.1) is 18.6 Å². The zero-order valence-corrected chi connectivity index (χ0v) is 12.4. The van der Waals surface area contributed by atoms with Gasteiger partial charge in [-0.2, -0.15) is 0 Å². The lowest BCUT2D eigenvalue weighted by atomic mass is 10.3. The van der Waals surface area contributed by atoms with Gasteiger partial charge in [0.15, 0.2) is 18.2 Å². The summed E-state index contributed by atoms with van der Waals surface area (Å²) in [6, 6.07) is 4.29. The quantitative estimate of drug-likeness (QED) is 0.828. The summed E-state index contributed by atoms with van der Waals surface area (Å²) in [5, 5.41) is 2.46. The average molecular weight is 324 g/mol. The van der Waals surface area contributed by atoms with Gasteiger partial charge in [-0.1, -0.05) is 0 Å². The molecule has 8 heteroatoms. The van der Waals surface area contributed by atoms with Crippen molar-refractivity contribution in [1.82, 2.24) is 4.98 Å². The number of methoxy groups -OCH3 is 1. The number of anilines is 1. The SMILES string of the molecule is COC(=O)c1[nH]c(C)cc1NC(=O)COc1ccc(F)cc1F. The second-order valence-electron chi connectivity index (χ2n) is 4.64. The Balaban J connectivity index is 2.01. The summed E-state index contributed by atoms with van der Waals surface area (Å²) >= 11 is 0. The first kappa shape index (κ1) is 16.5. The molecule has 0 atom stereocenters. The van der Waals surface area contributed by atoms with E-state index >= 15 is 0 Å². The van der Waals surface area contributed by atoms with Gasteiger partial charge in [0.05, 0.1) is 12.8 Å². The first-order valence-electron chi connectivity index (χ1n) is 6.56. The minimum Gasteiger partial charge on any atom is -0.481 e. The van der Waals surface area contributed by atoms with Gasteiger partial charge in [-0.15, -0.1) is 0 Å². The molecule has 0 radical (unpaired) electrons. The molecule has 0 bridgehead atoms. The average Bonchev–Trinajstić information content (AvgIpc) is 2.86. The third kappa shape index (κ3) is 4.06. The Kier molecular flexibility index (Phi) is 4.95. The van der Waals surface area contributed by atoms with Crippen molar-refractivity contribution in [3.8, 4) is 5.75 Å². The van der Waals surface area contributed by atoms with Gasteiger partial charge in [0.25, 0.3) is 5.91 Å². The molecule has 0 spiro atoms. The molecule has 0 aliphatic carbocycles. The topological polar surface area (TPSA) is 80.4 Å². The molecule has 122 valence electrons. The fraction of sp³-hybridized carbons (Fsp3) is 0.200. The highest BCUT2D eigenvalue weighted by Gasteiger charge is 2.17. The molecule has 1 aromatic heterocycles. The number of H-pyrrole nitrogens is 1. The van der Waals surface area contributed by atoms with Crippen LogP contribution in [0.25, 0.3) is 0 Å². The first-order valence-corrected chi connectivity index (χ1v) is 6.56. The number of hydrogen-bond acceptors (Lipinski definition) is 4. The van der Waals surface area contributed by atoms with E-state index < -0.39 is 30.1 Å². The molecule has 0 unspecified atom stereocenters. The number of ether oxygens (including phenoxy) is 2. The second-order valence-corrected chi connectivity index (χ2v) is 4.64. The normalized spacial score (nSPS) is 10.3. The summed E-state index contributed by atoms with van der Waals surface area (Å²) in [7, 11) is 1.21. The van der Waals surface area contributed by atoms with E-state index in [4.69, 9.17) is 4.74 Å². The summed E-state index contributed by atoms with van der Waals surface area (Å²) < 4.78 is 35.7. The third-order valence-corrected chi connectivity index (χ3v) is 2.87. The van der Waals surface area contributed by atoms with E-state index in [1.165, 1.54) is 7.11 Å². The van der Waals surface area contributed by atoms with Crippen LogP contribution in [0.2, 0.25) is 0 Å². The molecular weight excluding hydrogens is 310 g/mol. The lowest BCUT2D eigenvalue weighted by Crippen LogP contribution is -2.21. The molecule has 2 N–H and O–H groups in total. The number of nitrogens with one attached hydrogen (secondary N) is 2. The maximum absolute atomic E-state index is 13.4. The minimum atomic E-state index is -0.912. The van der Waals surface area contributed by atoms with Gasteiger partial charge in [0, 0.05) is 11.8 Å². The third-order valence-electron chi connectivity index (χ3n) is 2.87. The number of benzene rings is 1. The predicted octanol–water partition coefficient (Wildman–Crippen LogP) is 2.41. The van der Waals surface area contributed by atoms with Crippen molar-refractivity contribution in [1.29, 1.82) is 0 Å². The van der Waals surface area contributed by atoms with E-state index in [9.17, 15) is 18.4 Å². The highest BCUT2D eigenvalue weighted by molar-refractivity contribution is 6.00. The van der Waals surface area contributed by atoms with Crippen LogP contribution in [0.3, 0.4) is 0 Å². The van der Waals surface area contributed by atoms with Crippen LogP contribution in [-0.2, 0) is 9.53 Å². The van der Waals surface area contributed by atoms with Gasteiger partial charge < -0.3 is 19.8 Å². The zero-order valence-electron chi connectivity index (χ0n) is 12.4. The van der Waals surface area contributed by atoms with Crippen molar-refractivity contribution in [3.63, 3.8) is 0 Å². The van der Waals surface area contributed by atoms with E-state index in [1.54, 1.807) is 13.0 Å². The Morgan fingerprint density at radius 3 is 2.65 bits per heavy atom. The summed E-state index contributed by atoms with van der Waals surface area (Å²) in [5.74, 6) is -3.16. The van der Waals surface area contributed by atoms with Crippen LogP contribution in [0.15, 0.2) is 24.3 Å². The van der Waals surface area contributed by atoms with Crippen LogP contribution < -0.4 is 10.1 Å². The smallest absolute Gasteiger partial charge is 0.356 e. The Morgan fingerprint density at radius 1 is 1.26 bits per heavy atom. The lowest BCUT2D eigenvalue weighted by molar-refractivity contribution is -0.118. The summed E-state index contributed by atoms with van der Waals surface area (Å²) in [6.07, 6.45) is 0. The molecular formula is C15H14F2N2O4. The summed E-state index contributed by atoms with van der Waals surface area (Å²) in [4.78, 5) is 26.2. The highest BCUT2D eigenvalue weighted by Crippen LogP contribution is 2.19. The first-order chi connectivity index (χ1) is 10.9. The zero-order chi connectivity index (χ0) is 17.0. The van der Waals surface area contributed by atoms with E-state index in [0.717, 1.165) is 12.1 Å². The van der Waals surface area contributed by atoms with Crippen molar-refractivity contribution >= 4 is 17.6 Å². The number of halogens is 2. The molecule has 1 heterocycles. The van der Waals surface area contributed by atoms with Gasteiger partial charge in [-0.3, -0.25) is 4.79 Å². The maximum Gasteiger partial charge on any atom is 0.356 e. The van der Waals surface area contributed by atoms with Crippen LogP contribution in [0.5, 0.6) is 5.75 Å². The van der Waals surface area contributed by atoms with Crippen LogP contribution in [-0.4, -0.2) is 30.6 Å². The van der Waals surface area contributed by atoms with E-state index in [2.05, 4.69) is 15.0 Å². The van der Waals surface area contributed by atoms with E-state index in [1.807, 2.05) is 0 Å². The molecule has 0 fully saturated rings. The van der Waals surface area contributed by atoms with Gasteiger partial charge in [0.1, 0.15) is 11.5 Å². The van der Waals surface area contributed by atoms with Crippen molar-refractivity contribution in [2.75, 3.05) is 19.0 Å². The largest absolute Gasteiger partial charge is 0.481 e. The number of amides is 1. The van der Waals surface area contributed by atoms with Crippen LogP contribution in [0.4, 0.5) is 14.5 Å². The number of carbonyl (C=O) groups excluding carboxylic acids is 2. The fourth-order valence-corrected chi connectivity index (χ4v) is 1.87.